The van der Waals surface area contributed by atoms with Gasteiger partial charge in [0.15, 0.2) is 0 Å². The minimum absolute atomic E-state index is 0.0344. The Labute approximate surface area is 135 Å². The Kier molecular flexibility index (Phi) is 5.66. The number of nitrogens with one attached hydrogen (secondary N) is 2. The fourth-order valence-corrected chi connectivity index (χ4v) is 2.86. The van der Waals surface area contributed by atoms with Crippen molar-refractivity contribution in [3.63, 3.8) is 0 Å². The number of hydrogen-bond acceptors (Lipinski definition) is 3. The summed E-state index contributed by atoms with van der Waals surface area (Å²) < 4.78 is 0. The van der Waals surface area contributed by atoms with Crippen molar-refractivity contribution in [3.8, 4) is 5.75 Å². The largest absolute Gasteiger partial charge is 0.506 e. The van der Waals surface area contributed by atoms with Crippen molar-refractivity contribution in [3.05, 3.63) is 23.2 Å². The number of phenolic OH excluding ortho intramolecular Hbond substituents is 1. The van der Waals surface area contributed by atoms with Crippen LogP contribution in [0.4, 0.5) is 5.69 Å². The number of benzene rings is 1. The van der Waals surface area contributed by atoms with Gasteiger partial charge in [-0.2, -0.15) is 0 Å². The van der Waals surface area contributed by atoms with Crippen LogP contribution in [0.15, 0.2) is 18.2 Å². The van der Waals surface area contributed by atoms with Gasteiger partial charge in [0, 0.05) is 29.5 Å². The lowest BCUT2D eigenvalue weighted by molar-refractivity contribution is -0.125. The van der Waals surface area contributed by atoms with Gasteiger partial charge < -0.3 is 15.7 Å². The van der Waals surface area contributed by atoms with Gasteiger partial charge in [0.2, 0.25) is 11.8 Å². The molecular formula is C16H21ClN2O3. The molecule has 2 amide bonds. The van der Waals surface area contributed by atoms with Gasteiger partial charge in [-0.15, -0.1) is 0 Å². The van der Waals surface area contributed by atoms with Crippen molar-refractivity contribution in [1.82, 2.24) is 5.32 Å². The highest BCUT2D eigenvalue weighted by Crippen LogP contribution is 2.27. The maximum atomic E-state index is 12.0. The molecule has 5 nitrogen and oxygen atoms in total. The summed E-state index contributed by atoms with van der Waals surface area (Å²) in [4.78, 5) is 23.9. The van der Waals surface area contributed by atoms with Crippen molar-refractivity contribution >= 4 is 29.1 Å². The fourth-order valence-electron chi connectivity index (χ4n) is 2.69. The zero-order valence-corrected chi connectivity index (χ0v) is 13.3. The van der Waals surface area contributed by atoms with E-state index in [2.05, 4.69) is 10.6 Å². The van der Waals surface area contributed by atoms with E-state index in [1.54, 1.807) is 13.0 Å². The lowest BCUT2D eigenvalue weighted by Gasteiger charge is -2.17. The average Bonchev–Trinajstić information content (AvgIpc) is 2.95. The summed E-state index contributed by atoms with van der Waals surface area (Å²) in [6, 6.07) is 4.24. The summed E-state index contributed by atoms with van der Waals surface area (Å²) in [6.45, 7) is 1.80. The molecule has 0 heterocycles. The molecule has 1 saturated carbocycles. The highest BCUT2D eigenvalue weighted by Gasteiger charge is 2.24. The second kappa shape index (κ2) is 7.49. The molecule has 0 radical (unpaired) electrons. The molecule has 1 atom stereocenters. The zero-order chi connectivity index (χ0) is 16.1. The normalized spacial score (nSPS) is 16.3. The predicted molar refractivity (Wildman–Crippen MR) is 85.9 cm³/mol. The van der Waals surface area contributed by atoms with Crippen LogP contribution < -0.4 is 10.6 Å². The van der Waals surface area contributed by atoms with Gasteiger partial charge in [-0.25, -0.2) is 0 Å². The number of anilines is 1. The van der Waals surface area contributed by atoms with E-state index < -0.39 is 0 Å². The molecule has 1 aliphatic rings. The van der Waals surface area contributed by atoms with Crippen LogP contribution in [0.2, 0.25) is 5.02 Å². The van der Waals surface area contributed by atoms with Gasteiger partial charge in [0.1, 0.15) is 5.75 Å². The van der Waals surface area contributed by atoms with E-state index in [1.807, 2.05) is 0 Å². The molecular weight excluding hydrogens is 304 g/mol. The molecule has 0 unspecified atom stereocenters. The number of halogens is 1. The van der Waals surface area contributed by atoms with Crippen LogP contribution in [0.5, 0.6) is 5.75 Å². The van der Waals surface area contributed by atoms with Crippen LogP contribution in [0, 0.1) is 5.92 Å². The van der Waals surface area contributed by atoms with Crippen LogP contribution in [0.25, 0.3) is 0 Å². The molecule has 0 saturated heterocycles. The Morgan fingerprint density at radius 2 is 2.05 bits per heavy atom. The van der Waals surface area contributed by atoms with Crippen LogP contribution in [0.3, 0.4) is 0 Å². The van der Waals surface area contributed by atoms with Gasteiger partial charge in [0.25, 0.3) is 0 Å². The highest BCUT2D eigenvalue weighted by molar-refractivity contribution is 6.30. The van der Waals surface area contributed by atoms with E-state index in [-0.39, 0.29) is 35.9 Å². The van der Waals surface area contributed by atoms with Crippen LogP contribution in [0.1, 0.15) is 39.0 Å². The highest BCUT2D eigenvalue weighted by atomic mass is 35.5. The van der Waals surface area contributed by atoms with Crippen LogP contribution in [-0.2, 0) is 9.59 Å². The average molecular weight is 325 g/mol. The van der Waals surface area contributed by atoms with E-state index in [0.29, 0.717) is 10.7 Å². The molecule has 0 aliphatic heterocycles. The number of rotatable bonds is 5. The Bertz CT molecular complexity index is 556. The number of aromatic hydroxyl groups is 1. The maximum absolute atomic E-state index is 12.0. The Morgan fingerprint density at radius 3 is 2.68 bits per heavy atom. The predicted octanol–water partition coefficient (Wildman–Crippen LogP) is 3.07. The number of carbonyl (C=O) groups excluding carboxylic acids is 2. The SMILES string of the molecule is C[C@@H](CC(=O)Nc1ccc(Cl)cc1O)NC(=O)C1CCCC1. The molecule has 1 aromatic rings. The number of carbonyl (C=O) groups is 2. The monoisotopic (exact) mass is 324 g/mol. The summed E-state index contributed by atoms with van der Waals surface area (Å²) in [5.74, 6) is -0.224. The standard InChI is InChI=1S/C16H21ClN2O3/c1-10(18-16(22)11-4-2-3-5-11)8-15(21)19-13-7-6-12(17)9-14(13)20/h6-7,9-11,20H,2-5,8H2,1H3,(H,18,22)(H,19,21)/t10-/m0/s1. The van der Waals surface area contributed by atoms with E-state index in [4.69, 9.17) is 11.6 Å². The molecule has 0 aromatic heterocycles. The summed E-state index contributed by atoms with van der Waals surface area (Å²) in [5.41, 5.74) is 0.309. The fraction of sp³-hybridized carbons (Fsp3) is 0.500. The summed E-state index contributed by atoms with van der Waals surface area (Å²) in [6.07, 6.45) is 4.22. The molecule has 120 valence electrons. The van der Waals surface area contributed by atoms with E-state index in [9.17, 15) is 14.7 Å². The second-order valence-corrected chi connectivity index (χ2v) is 6.24. The number of hydrogen-bond donors (Lipinski definition) is 3. The third kappa shape index (κ3) is 4.63. The first kappa shape index (κ1) is 16.6. The lowest BCUT2D eigenvalue weighted by Crippen LogP contribution is -2.38. The van der Waals surface area contributed by atoms with Crippen LogP contribution >= 0.6 is 11.6 Å². The molecule has 1 aliphatic carbocycles. The van der Waals surface area contributed by atoms with Crippen LogP contribution in [-0.4, -0.2) is 23.0 Å². The maximum Gasteiger partial charge on any atom is 0.226 e. The molecule has 2 rings (SSSR count). The van der Waals surface area contributed by atoms with E-state index in [1.165, 1.54) is 12.1 Å². The quantitative estimate of drug-likeness (QED) is 0.728. The van der Waals surface area contributed by atoms with Crippen molar-refractivity contribution in [2.75, 3.05) is 5.32 Å². The first-order chi connectivity index (χ1) is 10.5. The zero-order valence-electron chi connectivity index (χ0n) is 12.6. The third-order valence-corrected chi connectivity index (χ3v) is 4.08. The van der Waals surface area contributed by atoms with E-state index >= 15 is 0 Å². The Morgan fingerprint density at radius 1 is 1.36 bits per heavy atom. The molecule has 0 bridgehead atoms. The molecule has 3 N–H and O–H groups in total. The molecule has 22 heavy (non-hydrogen) atoms. The van der Waals surface area contributed by atoms with Crippen molar-refractivity contribution in [2.24, 2.45) is 5.92 Å². The first-order valence-corrected chi connectivity index (χ1v) is 7.92. The molecule has 1 fully saturated rings. The summed E-state index contributed by atoms with van der Waals surface area (Å²) >= 11 is 5.74. The van der Waals surface area contributed by atoms with Gasteiger partial charge in [-0.1, -0.05) is 24.4 Å². The summed E-state index contributed by atoms with van der Waals surface area (Å²) in [7, 11) is 0. The Balaban J connectivity index is 1.81. The van der Waals surface area contributed by atoms with Gasteiger partial charge in [-0.3, -0.25) is 9.59 Å². The van der Waals surface area contributed by atoms with Gasteiger partial charge in [0.05, 0.1) is 5.69 Å². The van der Waals surface area contributed by atoms with Gasteiger partial charge >= 0.3 is 0 Å². The minimum Gasteiger partial charge on any atom is -0.506 e. The van der Waals surface area contributed by atoms with Crippen molar-refractivity contribution in [1.29, 1.82) is 0 Å². The number of amides is 2. The molecule has 6 heteroatoms. The topological polar surface area (TPSA) is 78.4 Å². The number of phenols is 1. The van der Waals surface area contributed by atoms with E-state index in [0.717, 1.165) is 25.7 Å². The second-order valence-electron chi connectivity index (χ2n) is 5.80. The minimum atomic E-state index is -0.267. The first-order valence-electron chi connectivity index (χ1n) is 7.54. The smallest absolute Gasteiger partial charge is 0.226 e. The molecule has 0 spiro atoms. The van der Waals surface area contributed by atoms with Gasteiger partial charge in [-0.05, 0) is 31.9 Å². The van der Waals surface area contributed by atoms with Crippen molar-refractivity contribution in [2.45, 2.75) is 45.1 Å². The summed E-state index contributed by atoms with van der Waals surface area (Å²) in [5, 5.41) is 15.6. The third-order valence-electron chi connectivity index (χ3n) is 3.84. The van der Waals surface area contributed by atoms with Crippen molar-refractivity contribution < 1.29 is 14.7 Å². The Hall–Kier alpha value is -1.75. The molecule has 1 aromatic carbocycles. The lowest BCUT2D eigenvalue weighted by atomic mass is 10.1.